The molecule has 0 aliphatic rings. The number of hydrogen-bond acceptors (Lipinski definition) is 3. The molecule has 3 nitrogen and oxygen atoms in total. The lowest BCUT2D eigenvalue weighted by atomic mass is 9.87. The van der Waals surface area contributed by atoms with Crippen LogP contribution in [0.3, 0.4) is 0 Å². The van der Waals surface area contributed by atoms with Crippen LogP contribution in [-0.2, 0) is 0 Å². The molecule has 0 bridgehead atoms. The summed E-state index contributed by atoms with van der Waals surface area (Å²) in [6.07, 6.45) is 3.71. The fraction of sp³-hybridized carbons (Fsp3) is 0. The smallest absolute Gasteiger partial charge is 0.160 e. The van der Waals surface area contributed by atoms with Crippen molar-refractivity contribution >= 4 is 32.3 Å². The van der Waals surface area contributed by atoms with Crippen molar-refractivity contribution in [1.82, 2.24) is 15.0 Å². The molecule has 2 heterocycles. The fourth-order valence-electron chi connectivity index (χ4n) is 7.70. The fourth-order valence-corrected chi connectivity index (χ4v) is 7.70. The number of benzene rings is 8. The molecule has 242 valence electrons. The predicted octanol–water partition coefficient (Wildman–Crippen LogP) is 12.8. The minimum absolute atomic E-state index is 0.691. The lowest BCUT2D eigenvalue weighted by Crippen LogP contribution is -1.97. The Hall–Kier alpha value is -6.97. The quantitative estimate of drug-likeness (QED) is 0.166. The largest absolute Gasteiger partial charge is 0.264 e. The zero-order valence-electron chi connectivity index (χ0n) is 28.2. The van der Waals surface area contributed by atoms with E-state index in [1.54, 1.807) is 6.20 Å². The summed E-state index contributed by atoms with van der Waals surface area (Å²) in [5, 5.41) is 7.65. The molecule has 10 aromatic rings. The van der Waals surface area contributed by atoms with Gasteiger partial charge in [-0.3, -0.25) is 4.98 Å². The zero-order chi connectivity index (χ0) is 34.4. The van der Waals surface area contributed by atoms with E-state index in [-0.39, 0.29) is 0 Å². The van der Waals surface area contributed by atoms with Crippen LogP contribution in [0.1, 0.15) is 0 Å². The summed E-state index contributed by atoms with van der Waals surface area (Å²) in [6.45, 7) is 0. The number of aromatic nitrogens is 3. The van der Waals surface area contributed by atoms with Gasteiger partial charge in [0.2, 0.25) is 0 Å². The van der Waals surface area contributed by atoms with E-state index in [0.29, 0.717) is 5.82 Å². The second kappa shape index (κ2) is 12.4. The maximum Gasteiger partial charge on any atom is 0.160 e. The maximum absolute atomic E-state index is 5.18. The Labute approximate surface area is 301 Å². The van der Waals surface area contributed by atoms with E-state index in [1.165, 1.54) is 49.0 Å². The van der Waals surface area contributed by atoms with Crippen LogP contribution in [0.2, 0.25) is 0 Å². The molecular weight excluding hydrogens is 631 g/mol. The van der Waals surface area contributed by atoms with Gasteiger partial charge in [0.05, 0.1) is 11.4 Å². The van der Waals surface area contributed by atoms with Gasteiger partial charge in [-0.1, -0.05) is 158 Å². The van der Waals surface area contributed by atoms with Gasteiger partial charge in [-0.2, -0.15) is 0 Å². The van der Waals surface area contributed by atoms with Gasteiger partial charge in [0.25, 0.3) is 0 Å². The molecule has 0 aliphatic heterocycles. The third kappa shape index (κ3) is 5.10. The molecule has 0 spiro atoms. The van der Waals surface area contributed by atoms with Gasteiger partial charge in [0, 0.05) is 34.6 Å². The molecule has 52 heavy (non-hydrogen) atoms. The molecule has 0 N–H and O–H groups in total. The van der Waals surface area contributed by atoms with E-state index in [9.17, 15) is 0 Å². The van der Waals surface area contributed by atoms with Crippen molar-refractivity contribution in [3.63, 3.8) is 0 Å². The van der Waals surface area contributed by atoms with Crippen molar-refractivity contribution in [1.29, 1.82) is 0 Å². The Bertz CT molecular complexity index is 2880. The molecule has 0 unspecified atom stereocenters. The lowest BCUT2D eigenvalue weighted by molar-refractivity contribution is 1.18. The highest BCUT2D eigenvalue weighted by Gasteiger charge is 2.17. The van der Waals surface area contributed by atoms with Crippen molar-refractivity contribution in [3.8, 4) is 67.3 Å². The first kappa shape index (κ1) is 29.9. The summed E-state index contributed by atoms with van der Waals surface area (Å²) in [5.41, 5.74) is 11.8. The minimum atomic E-state index is 0.691. The number of hydrogen-bond donors (Lipinski definition) is 0. The molecule has 0 atom stereocenters. The van der Waals surface area contributed by atoms with Crippen molar-refractivity contribution in [2.24, 2.45) is 0 Å². The van der Waals surface area contributed by atoms with Gasteiger partial charge in [0.1, 0.15) is 0 Å². The Morgan fingerprint density at radius 1 is 0.327 bits per heavy atom. The maximum atomic E-state index is 5.18. The highest BCUT2D eigenvalue weighted by molar-refractivity contribution is 6.27. The van der Waals surface area contributed by atoms with Crippen LogP contribution in [0.25, 0.3) is 99.6 Å². The van der Waals surface area contributed by atoms with Crippen LogP contribution >= 0.6 is 0 Å². The van der Waals surface area contributed by atoms with E-state index >= 15 is 0 Å². The average Bonchev–Trinajstić information content (AvgIpc) is 3.23. The summed E-state index contributed by atoms with van der Waals surface area (Å²) in [7, 11) is 0. The van der Waals surface area contributed by atoms with Crippen molar-refractivity contribution in [2.45, 2.75) is 0 Å². The Balaban J connectivity index is 1.15. The lowest BCUT2D eigenvalue weighted by Gasteiger charge is -2.17. The molecule has 0 amide bonds. The Kier molecular flexibility index (Phi) is 7.14. The molecular formula is C49H31N3. The van der Waals surface area contributed by atoms with Gasteiger partial charge in [0.15, 0.2) is 5.82 Å². The summed E-state index contributed by atoms with van der Waals surface area (Å²) in [4.78, 5) is 14.7. The number of nitrogens with zero attached hydrogens (tertiary/aromatic N) is 3. The third-order valence-corrected chi connectivity index (χ3v) is 10.2. The van der Waals surface area contributed by atoms with Crippen molar-refractivity contribution < 1.29 is 0 Å². The Morgan fingerprint density at radius 3 is 1.58 bits per heavy atom. The van der Waals surface area contributed by atoms with Crippen LogP contribution in [-0.4, -0.2) is 15.0 Å². The first-order chi connectivity index (χ1) is 25.8. The topological polar surface area (TPSA) is 38.7 Å². The number of pyridine rings is 1. The second-order valence-corrected chi connectivity index (χ2v) is 13.2. The molecule has 3 heteroatoms. The van der Waals surface area contributed by atoms with Crippen LogP contribution in [0.5, 0.6) is 0 Å². The molecule has 0 aliphatic carbocycles. The first-order valence-electron chi connectivity index (χ1n) is 17.6. The van der Waals surface area contributed by atoms with E-state index in [0.717, 1.165) is 44.8 Å². The predicted molar refractivity (Wildman–Crippen MR) is 216 cm³/mol. The standard InChI is InChI=1S/C49H31N3/c1-3-11-32(12-4-1)40-24-20-33-23-27-44-41(25-21-34-22-26-43(40)47(33)48(34)44)36-15-9-16-37(29-36)45-30-46(52-49(51-45)35-13-5-2-6-14-35)42-19-8-7-18-39(42)38-17-10-28-50-31-38/h1-31H. The first-order valence-corrected chi connectivity index (χ1v) is 17.6. The van der Waals surface area contributed by atoms with Crippen LogP contribution in [0.15, 0.2) is 188 Å². The summed E-state index contributed by atoms with van der Waals surface area (Å²) in [6, 6.07) is 62.5. The van der Waals surface area contributed by atoms with Gasteiger partial charge < -0.3 is 0 Å². The summed E-state index contributed by atoms with van der Waals surface area (Å²) < 4.78 is 0. The second-order valence-electron chi connectivity index (χ2n) is 13.2. The van der Waals surface area contributed by atoms with E-state index < -0.39 is 0 Å². The van der Waals surface area contributed by atoms with Gasteiger partial charge in [-0.15, -0.1) is 0 Å². The highest BCUT2D eigenvalue weighted by atomic mass is 14.9. The molecule has 0 fully saturated rings. The highest BCUT2D eigenvalue weighted by Crippen LogP contribution is 2.43. The van der Waals surface area contributed by atoms with Crippen molar-refractivity contribution in [2.75, 3.05) is 0 Å². The normalized spacial score (nSPS) is 11.5. The molecule has 8 aromatic carbocycles. The molecule has 10 rings (SSSR count). The third-order valence-electron chi connectivity index (χ3n) is 10.2. The SMILES string of the molecule is c1ccc(-c2nc(-c3cccc(-c4ccc5ccc6c(-c7ccccc7)ccc7ccc4c5c76)c3)cc(-c3ccccc3-c3cccnc3)n2)cc1. The van der Waals surface area contributed by atoms with Gasteiger partial charge in [-0.05, 0) is 78.3 Å². The molecule has 0 saturated carbocycles. The van der Waals surface area contributed by atoms with Crippen LogP contribution in [0.4, 0.5) is 0 Å². The van der Waals surface area contributed by atoms with Crippen molar-refractivity contribution in [3.05, 3.63) is 188 Å². The van der Waals surface area contributed by atoms with E-state index in [4.69, 9.17) is 9.97 Å². The van der Waals surface area contributed by atoms with Gasteiger partial charge >= 0.3 is 0 Å². The Morgan fingerprint density at radius 2 is 0.885 bits per heavy atom. The molecule has 2 aromatic heterocycles. The minimum Gasteiger partial charge on any atom is -0.264 e. The molecule has 0 radical (unpaired) electrons. The van der Waals surface area contributed by atoms with Crippen LogP contribution < -0.4 is 0 Å². The van der Waals surface area contributed by atoms with E-state index in [1.807, 2.05) is 30.5 Å². The zero-order valence-corrected chi connectivity index (χ0v) is 28.2. The molecule has 0 saturated heterocycles. The van der Waals surface area contributed by atoms with Crippen LogP contribution in [0, 0.1) is 0 Å². The summed E-state index contributed by atoms with van der Waals surface area (Å²) in [5.74, 6) is 0.691. The number of rotatable bonds is 6. The summed E-state index contributed by atoms with van der Waals surface area (Å²) >= 11 is 0. The average molecular weight is 662 g/mol. The van der Waals surface area contributed by atoms with Gasteiger partial charge in [-0.25, -0.2) is 9.97 Å². The van der Waals surface area contributed by atoms with E-state index in [2.05, 4.69) is 157 Å². The monoisotopic (exact) mass is 661 g/mol.